The molecule has 0 radical (unpaired) electrons. The molecule has 3 nitrogen and oxygen atoms in total. The van der Waals surface area contributed by atoms with Crippen LogP contribution >= 0.6 is 11.6 Å². The largest absolute Gasteiger partial charge is 0.457 e. The van der Waals surface area contributed by atoms with Crippen molar-refractivity contribution in [3.63, 3.8) is 0 Å². The summed E-state index contributed by atoms with van der Waals surface area (Å²) in [5.41, 5.74) is 0.855. The van der Waals surface area contributed by atoms with Gasteiger partial charge in [0.15, 0.2) is 0 Å². The average Bonchev–Trinajstić information content (AvgIpc) is 2.60. The van der Waals surface area contributed by atoms with E-state index in [0.717, 1.165) is 11.3 Å². The Morgan fingerprint density at radius 3 is 2.00 bits per heavy atom. The van der Waals surface area contributed by atoms with Crippen molar-refractivity contribution in [2.24, 2.45) is 0 Å². The normalized spacial score (nSPS) is 10.2. The van der Waals surface area contributed by atoms with Gasteiger partial charge in [-0.2, -0.15) is 0 Å². The van der Waals surface area contributed by atoms with Gasteiger partial charge in [-0.05, 0) is 54.1 Å². The van der Waals surface area contributed by atoms with Gasteiger partial charge >= 0.3 is 5.97 Å². The number of carbonyl (C=O) groups excluding carboxylic acids is 1. The van der Waals surface area contributed by atoms with Crippen LogP contribution in [0.25, 0.3) is 0 Å². The summed E-state index contributed by atoms with van der Waals surface area (Å²) in [6.45, 7) is 0. The molecule has 120 valence electrons. The zero-order chi connectivity index (χ0) is 16.8. The maximum absolute atomic E-state index is 12.0. The second-order valence-electron chi connectivity index (χ2n) is 5.16. The first kappa shape index (κ1) is 16.1. The Morgan fingerprint density at radius 2 is 1.33 bits per heavy atom. The molecule has 3 aromatic rings. The standard InChI is InChI=1S/C20H15ClO3/c21-16-8-6-15(7-9-16)14-20(22)24-19-12-10-18(11-13-19)23-17-4-2-1-3-5-17/h1-13H,14H2. The summed E-state index contributed by atoms with van der Waals surface area (Å²) in [5.74, 6) is 1.59. The van der Waals surface area contributed by atoms with Crippen molar-refractivity contribution in [1.29, 1.82) is 0 Å². The molecule has 0 amide bonds. The van der Waals surface area contributed by atoms with Crippen LogP contribution in [-0.4, -0.2) is 5.97 Å². The Morgan fingerprint density at radius 1 is 0.750 bits per heavy atom. The summed E-state index contributed by atoms with van der Waals surface area (Å²) in [6.07, 6.45) is 0.194. The predicted octanol–water partition coefficient (Wildman–Crippen LogP) is 5.28. The monoisotopic (exact) mass is 338 g/mol. The van der Waals surface area contributed by atoms with E-state index in [-0.39, 0.29) is 12.4 Å². The van der Waals surface area contributed by atoms with Crippen molar-refractivity contribution < 1.29 is 14.3 Å². The summed E-state index contributed by atoms with van der Waals surface area (Å²) in [5, 5.41) is 0.640. The lowest BCUT2D eigenvalue weighted by Crippen LogP contribution is -2.11. The molecule has 0 aromatic heterocycles. The molecule has 4 heteroatoms. The van der Waals surface area contributed by atoms with E-state index in [1.54, 1.807) is 48.5 Å². The highest BCUT2D eigenvalue weighted by Gasteiger charge is 2.07. The minimum atomic E-state index is -0.325. The number of ether oxygens (including phenoxy) is 2. The van der Waals surface area contributed by atoms with Crippen molar-refractivity contribution in [3.05, 3.63) is 89.4 Å². The Labute approximate surface area is 145 Å². The van der Waals surface area contributed by atoms with Crippen molar-refractivity contribution in [2.75, 3.05) is 0 Å². The van der Waals surface area contributed by atoms with E-state index in [4.69, 9.17) is 21.1 Å². The Hall–Kier alpha value is -2.78. The van der Waals surface area contributed by atoms with Crippen LogP contribution in [0.3, 0.4) is 0 Å². The SMILES string of the molecule is O=C(Cc1ccc(Cl)cc1)Oc1ccc(Oc2ccccc2)cc1. The lowest BCUT2D eigenvalue weighted by atomic mass is 10.1. The molecule has 0 saturated carbocycles. The van der Waals surface area contributed by atoms with E-state index in [1.165, 1.54) is 0 Å². The number of esters is 1. The molecule has 0 unspecified atom stereocenters. The van der Waals surface area contributed by atoms with Crippen LogP contribution in [0.4, 0.5) is 0 Å². The average molecular weight is 339 g/mol. The first-order chi connectivity index (χ1) is 11.7. The Balaban J connectivity index is 1.57. The number of hydrogen-bond acceptors (Lipinski definition) is 3. The fourth-order valence-electron chi connectivity index (χ4n) is 2.14. The van der Waals surface area contributed by atoms with Crippen LogP contribution in [0.5, 0.6) is 17.2 Å². The number of hydrogen-bond donors (Lipinski definition) is 0. The molecule has 0 aliphatic rings. The highest BCUT2D eigenvalue weighted by atomic mass is 35.5. The third-order valence-electron chi connectivity index (χ3n) is 3.30. The lowest BCUT2D eigenvalue weighted by molar-refractivity contribution is -0.133. The molecule has 0 saturated heterocycles. The number of rotatable bonds is 5. The van der Waals surface area contributed by atoms with Gasteiger partial charge in [-0.15, -0.1) is 0 Å². The van der Waals surface area contributed by atoms with Gasteiger partial charge in [0.05, 0.1) is 6.42 Å². The molecule has 0 N–H and O–H groups in total. The summed E-state index contributed by atoms with van der Waals surface area (Å²) in [7, 11) is 0. The van der Waals surface area contributed by atoms with Crippen LogP contribution in [0, 0.1) is 0 Å². The van der Waals surface area contributed by atoms with E-state index in [1.807, 2.05) is 30.3 Å². The minimum absolute atomic E-state index is 0.194. The smallest absolute Gasteiger partial charge is 0.315 e. The molecular weight excluding hydrogens is 324 g/mol. The van der Waals surface area contributed by atoms with Gasteiger partial charge in [0.1, 0.15) is 17.2 Å². The van der Waals surface area contributed by atoms with Crippen molar-refractivity contribution >= 4 is 17.6 Å². The van der Waals surface area contributed by atoms with Gasteiger partial charge in [0.2, 0.25) is 0 Å². The third kappa shape index (κ3) is 4.61. The van der Waals surface area contributed by atoms with Crippen LogP contribution in [0.15, 0.2) is 78.9 Å². The zero-order valence-electron chi connectivity index (χ0n) is 12.8. The molecule has 0 atom stereocenters. The lowest BCUT2D eigenvalue weighted by Gasteiger charge is -2.07. The van der Waals surface area contributed by atoms with Gasteiger partial charge in [-0.25, -0.2) is 0 Å². The topological polar surface area (TPSA) is 35.5 Å². The second kappa shape index (κ2) is 7.66. The van der Waals surface area contributed by atoms with Crippen LogP contribution in [0.2, 0.25) is 5.02 Å². The molecular formula is C20H15ClO3. The van der Waals surface area contributed by atoms with Gasteiger partial charge in [-0.1, -0.05) is 41.9 Å². The van der Waals surface area contributed by atoms with Crippen LogP contribution < -0.4 is 9.47 Å². The first-order valence-corrected chi connectivity index (χ1v) is 7.85. The number of carbonyl (C=O) groups is 1. The quantitative estimate of drug-likeness (QED) is 0.469. The maximum atomic E-state index is 12.0. The number of para-hydroxylation sites is 1. The van der Waals surface area contributed by atoms with Gasteiger partial charge in [-0.3, -0.25) is 4.79 Å². The fraction of sp³-hybridized carbons (Fsp3) is 0.0500. The van der Waals surface area contributed by atoms with E-state index in [2.05, 4.69) is 0 Å². The highest BCUT2D eigenvalue weighted by Crippen LogP contribution is 2.23. The van der Waals surface area contributed by atoms with Crippen LogP contribution in [-0.2, 0) is 11.2 Å². The predicted molar refractivity (Wildman–Crippen MR) is 93.7 cm³/mol. The maximum Gasteiger partial charge on any atom is 0.315 e. The third-order valence-corrected chi connectivity index (χ3v) is 3.55. The number of benzene rings is 3. The van der Waals surface area contributed by atoms with E-state index >= 15 is 0 Å². The highest BCUT2D eigenvalue weighted by molar-refractivity contribution is 6.30. The summed E-state index contributed by atoms with van der Waals surface area (Å²) in [4.78, 5) is 12.0. The van der Waals surface area contributed by atoms with Crippen molar-refractivity contribution in [1.82, 2.24) is 0 Å². The molecule has 0 heterocycles. The first-order valence-electron chi connectivity index (χ1n) is 7.47. The molecule has 24 heavy (non-hydrogen) atoms. The van der Waals surface area contributed by atoms with Gasteiger partial charge < -0.3 is 9.47 Å². The van der Waals surface area contributed by atoms with Crippen molar-refractivity contribution in [2.45, 2.75) is 6.42 Å². The minimum Gasteiger partial charge on any atom is -0.457 e. The molecule has 3 rings (SSSR count). The summed E-state index contributed by atoms with van der Waals surface area (Å²) in [6, 6.07) is 23.5. The van der Waals surface area contributed by atoms with E-state index in [0.29, 0.717) is 16.5 Å². The van der Waals surface area contributed by atoms with Crippen molar-refractivity contribution in [3.8, 4) is 17.2 Å². The Kier molecular flexibility index (Phi) is 5.14. The molecule has 3 aromatic carbocycles. The van der Waals surface area contributed by atoms with Crippen LogP contribution in [0.1, 0.15) is 5.56 Å². The van der Waals surface area contributed by atoms with Gasteiger partial charge in [0, 0.05) is 5.02 Å². The summed E-state index contributed by atoms with van der Waals surface area (Å²) < 4.78 is 11.0. The second-order valence-corrected chi connectivity index (χ2v) is 5.60. The number of halogens is 1. The Bertz CT molecular complexity index is 797. The fourth-order valence-corrected chi connectivity index (χ4v) is 2.26. The molecule has 0 fully saturated rings. The molecule has 0 aliphatic carbocycles. The summed E-state index contributed by atoms with van der Waals surface area (Å²) >= 11 is 5.82. The molecule has 0 aliphatic heterocycles. The molecule has 0 spiro atoms. The molecule has 0 bridgehead atoms. The zero-order valence-corrected chi connectivity index (χ0v) is 13.6. The van der Waals surface area contributed by atoms with E-state index in [9.17, 15) is 4.79 Å². The van der Waals surface area contributed by atoms with E-state index < -0.39 is 0 Å². The van der Waals surface area contributed by atoms with Gasteiger partial charge in [0.25, 0.3) is 0 Å².